The van der Waals surface area contributed by atoms with Gasteiger partial charge in [-0.25, -0.2) is 13.1 Å². The van der Waals surface area contributed by atoms with Crippen LogP contribution in [0, 0.1) is 5.92 Å². The molecule has 1 aromatic heterocycles. The van der Waals surface area contributed by atoms with Crippen LogP contribution in [0.2, 0.25) is 0 Å². The van der Waals surface area contributed by atoms with Crippen LogP contribution in [-0.2, 0) is 21.2 Å². The van der Waals surface area contributed by atoms with Gasteiger partial charge in [0.05, 0.1) is 12.3 Å². The van der Waals surface area contributed by atoms with E-state index in [4.69, 9.17) is 0 Å². The van der Waals surface area contributed by atoms with Crippen molar-refractivity contribution < 1.29 is 13.2 Å². The smallest absolute Gasteiger partial charge is 0.212 e. The van der Waals surface area contributed by atoms with Crippen LogP contribution in [0.4, 0.5) is 0 Å². The van der Waals surface area contributed by atoms with Crippen LogP contribution in [0.3, 0.4) is 0 Å². The Hall–Kier alpha value is -1.27. The second-order valence-electron chi connectivity index (χ2n) is 4.37. The van der Waals surface area contributed by atoms with E-state index < -0.39 is 10.0 Å². The Morgan fingerprint density at radius 3 is 2.50 bits per heavy atom. The van der Waals surface area contributed by atoms with Gasteiger partial charge in [-0.05, 0) is 24.1 Å². The van der Waals surface area contributed by atoms with Crippen molar-refractivity contribution in [2.45, 2.75) is 20.3 Å². The minimum absolute atomic E-state index is 0.0254. The molecular weight excluding hydrogens is 252 g/mol. The number of carbonyl (C=O) groups is 1. The van der Waals surface area contributed by atoms with Crippen molar-refractivity contribution in [2.75, 3.05) is 12.3 Å². The van der Waals surface area contributed by atoms with E-state index in [1.165, 1.54) is 0 Å². The lowest BCUT2D eigenvalue weighted by Crippen LogP contribution is -2.33. The summed E-state index contributed by atoms with van der Waals surface area (Å²) in [5.41, 5.74) is 0.908. The molecule has 100 valence electrons. The third kappa shape index (κ3) is 5.37. The molecule has 1 heterocycles. The first kappa shape index (κ1) is 14.8. The molecule has 0 radical (unpaired) electrons. The van der Waals surface area contributed by atoms with Gasteiger partial charge in [-0.1, -0.05) is 13.8 Å². The third-order valence-electron chi connectivity index (χ3n) is 2.52. The fourth-order valence-electron chi connectivity index (χ4n) is 1.26. The minimum Gasteiger partial charge on any atom is -0.298 e. The van der Waals surface area contributed by atoms with Crippen LogP contribution in [0.1, 0.15) is 19.4 Å². The van der Waals surface area contributed by atoms with Crippen molar-refractivity contribution in [1.82, 2.24) is 9.71 Å². The van der Waals surface area contributed by atoms with Crippen molar-refractivity contribution in [3.05, 3.63) is 30.1 Å². The Balaban J connectivity index is 2.43. The van der Waals surface area contributed by atoms with Crippen LogP contribution >= 0.6 is 0 Å². The van der Waals surface area contributed by atoms with Crippen molar-refractivity contribution in [1.29, 1.82) is 0 Å². The summed E-state index contributed by atoms with van der Waals surface area (Å²) in [6.07, 6.45) is 3.66. The van der Waals surface area contributed by atoms with Crippen molar-refractivity contribution in [3.8, 4) is 0 Å². The maximum atomic E-state index is 11.7. The molecule has 0 spiro atoms. The van der Waals surface area contributed by atoms with Crippen molar-refractivity contribution >= 4 is 15.8 Å². The van der Waals surface area contributed by atoms with E-state index in [1.807, 2.05) is 0 Å². The topological polar surface area (TPSA) is 76.1 Å². The van der Waals surface area contributed by atoms with E-state index in [9.17, 15) is 13.2 Å². The lowest BCUT2D eigenvalue weighted by atomic mass is 10.1. The summed E-state index contributed by atoms with van der Waals surface area (Å²) in [6, 6.07) is 3.55. The van der Waals surface area contributed by atoms with Gasteiger partial charge in [0.15, 0.2) is 0 Å². The molecule has 0 atom stereocenters. The van der Waals surface area contributed by atoms with Crippen LogP contribution in [0.25, 0.3) is 0 Å². The molecule has 0 aliphatic rings. The molecule has 0 saturated carbocycles. The van der Waals surface area contributed by atoms with Gasteiger partial charge in [0, 0.05) is 18.3 Å². The van der Waals surface area contributed by atoms with Gasteiger partial charge in [0.2, 0.25) is 10.0 Å². The van der Waals surface area contributed by atoms with E-state index in [-0.39, 0.29) is 24.0 Å². The summed E-state index contributed by atoms with van der Waals surface area (Å²) >= 11 is 0. The molecule has 0 aromatic carbocycles. The number of sulfonamides is 1. The highest BCUT2D eigenvalue weighted by Crippen LogP contribution is 2.00. The molecule has 1 aromatic rings. The molecular formula is C12H18N2O3S. The number of nitrogens with zero attached hydrogens (tertiary/aromatic N) is 1. The first-order chi connectivity index (χ1) is 8.41. The molecule has 6 heteroatoms. The SMILES string of the molecule is CC(C)C(=O)CNS(=O)(=O)CCc1ccncc1. The van der Waals surface area contributed by atoms with Gasteiger partial charge in [-0.2, -0.15) is 0 Å². The Morgan fingerprint density at radius 1 is 1.33 bits per heavy atom. The standard InChI is InChI=1S/C12H18N2O3S/c1-10(2)12(15)9-14-18(16,17)8-5-11-3-6-13-7-4-11/h3-4,6-7,10,14H,5,8-9H2,1-2H3. The molecule has 0 fully saturated rings. The third-order valence-corrected chi connectivity index (χ3v) is 3.84. The maximum absolute atomic E-state index is 11.7. The Labute approximate surface area is 108 Å². The first-order valence-electron chi connectivity index (χ1n) is 5.79. The number of nitrogens with one attached hydrogen (secondary N) is 1. The van der Waals surface area contributed by atoms with E-state index in [2.05, 4.69) is 9.71 Å². The summed E-state index contributed by atoms with van der Waals surface area (Å²) in [7, 11) is -3.40. The minimum atomic E-state index is -3.40. The molecule has 0 bridgehead atoms. The number of pyridine rings is 1. The van der Waals surface area contributed by atoms with Crippen molar-refractivity contribution in [3.63, 3.8) is 0 Å². The highest BCUT2D eigenvalue weighted by molar-refractivity contribution is 7.89. The van der Waals surface area contributed by atoms with Gasteiger partial charge >= 0.3 is 0 Å². The highest BCUT2D eigenvalue weighted by atomic mass is 32.2. The second-order valence-corrected chi connectivity index (χ2v) is 6.29. The number of aromatic nitrogens is 1. The molecule has 18 heavy (non-hydrogen) atoms. The molecule has 5 nitrogen and oxygen atoms in total. The van der Waals surface area contributed by atoms with Gasteiger partial charge in [-0.15, -0.1) is 0 Å². The van der Waals surface area contributed by atoms with Gasteiger partial charge in [0.1, 0.15) is 5.78 Å². The predicted octanol–water partition coefficient (Wildman–Crippen LogP) is 0.769. The summed E-state index contributed by atoms with van der Waals surface area (Å²) in [6.45, 7) is 3.36. The molecule has 0 amide bonds. The summed E-state index contributed by atoms with van der Waals surface area (Å²) in [4.78, 5) is 15.2. The summed E-state index contributed by atoms with van der Waals surface area (Å²) in [5.74, 6) is -0.294. The van der Waals surface area contributed by atoms with Crippen LogP contribution in [-0.4, -0.2) is 31.5 Å². The second kappa shape index (κ2) is 6.61. The molecule has 0 saturated heterocycles. The van der Waals surface area contributed by atoms with Gasteiger partial charge in [0.25, 0.3) is 0 Å². The lowest BCUT2D eigenvalue weighted by Gasteiger charge is -2.07. The monoisotopic (exact) mass is 270 g/mol. The van der Waals surface area contributed by atoms with E-state index >= 15 is 0 Å². The Bertz CT molecular complexity index is 483. The highest BCUT2D eigenvalue weighted by Gasteiger charge is 2.14. The zero-order valence-electron chi connectivity index (χ0n) is 10.6. The predicted molar refractivity (Wildman–Crippen MR) is 69.6 cm³/mol. The maximum Gasteiger partial charge on any atom is 0.212 e. The van der Waals surface area contributed by atoms with E-state index in [1.54, 1.807) is 38.4 Å². The van der Waals surface area contributed by atoms with E-state index in [0.29, 0.717) is 6.42 Å². The molecule has 0 unspecified atom stereocenters. The summed E-state index contributed by atoms with van der Waals surface area (Å²) < 4.78 is 25.6. The largest absolute Gasteiger partial charge is 0.298 e. The zero-order valence-corrected chi connectivity index (χ0v) is 11.4. The average Bonchev–Trinajstić information content (AvgIpc) is 2.35. The number of hydrogen-bond acceptors (Lipinski definition) is 4. The molecule has 1 N–H and O–H groups in total. The number of carbonyl (C=O) groups excluding carboxylic acids is 1. The number of ketones is 1. The molecule has 0 aliphatic heterocycles. The lowest BCUT2D eigenvalue weighted by molar-refractivity contribution is -0.120. The fourth-order valence-corrected chi connectivity index (χ4v) is 2.27. The quantitative estimate of drug-likeness (QED) is 0.794. The Morgan fingerprint density at radius 2 is 1.94 bits per heavy atom. The van der Waals surface area contributed by atoms with Crippen LogP contribution < -0.4 is 4.72 Å². The number of rotatable bonds is 7. The average molecular weight is 270 g/mol. The molecule has 0 aliphatic carbocycles. The first-order valence-corrected chi connectivity index (χ1v) is 7.45. The number of hydrogen-bond donors (Lipinski definition) is 1. The summed E-state index contributed by atoms with van der Waals surface area (Å²) in [5, 5.41) is 0. The zero-order chi connectivity index (χ0) is 13.6. The van der Waals surface area contributed by atoms with Crippen LogP contribution in [0.5, 0.6) is 0 Å². The van der Waals surface area contributed by atoms with Gasteiger partial charge < -0.3 is 0 Å². The number of Topliss-reactive ketones (excluding diaryl/α,β-unsaturated/α-hetero) is 1. The normalized spacial score (nSPS) is 11.7. The van der Waals surface area contributed by atoms with Crippen molar-refractivity contribution in [2.24, 2.45) is 5.92 Å². The molecule has 1 rings (SSSR count). The van der Waals surface area contributed by atoms with Gasteiger partial charge in [-0.3, -0.25) is 9.78 Å². The van der Waals surface area contributed by atoms with E-state index in [0.717, 1.165) is 5.56 Å². The number of aryl methyl sites for hydroxylation is 1. The fraction of sp³-hybridized carbons (Fsp3) is 0.500. The van der Waals surface area contributed by atoms with Crippen LogP contribution in [0.15, 0.2) is 24.5 Å². The Kier molecular flexibility index (Phi) is 5.43.